The highest BCUT2D eigenvalue weighted by Gasteiger charge is 2.25. The number of hydrogen-bond donors (Lipinski definition) is 1. The summed E-state index contributed by atoms with van der Waals surface area (Å²) in [6.07, 6.45) is 7.17. The lowest BCUT2D eigenvalue weighted by Crippen LogP contribution is -2.48. The summed E-state index contributed by atoms with van der Waals surface area (Å²) >= 11 is 6.09. The molecule has 1 amide bonds. The first-order valence-electron chi connectivity index (χ1n) is 11.4. The molecule has 1 aliphatic heterocycles. The Bertz CT molecular complexity index is 1240. The molecule has 172 valence electrons. The fraction of sp³-hybridized carbons (Fsp3) is 0.231. The van der Waals surface area contributed by atoms with Crippen molar-refractivity contribution < 1.29 is 4.79 Å². The average Bonchev–Trinajstić information content (AvgIpc) is 3.30. The van der Waals surface area contributed by atoms with Gasteiger partial charge in [0, 0.05) is 48.3 Å². The van der Waals surface area contributed by atoms with E-state index in [1.807, 2.05) is 65.5 Å². The molecule has 0 aliphatic carbocycles. The van der Waals surface area contributed by atoms with Gasteiger partial charge < -0.3 is 10.2 Å². The molecule has 1 N–H and O–H groups in total. The van der Waals surface area contributed by atoms with Gasteiger partial charge in [0.1, 0.15) is 5.69 Å². The van der Waals surface area contributed by atoms with E-state index in [1.54, 1.807) is 18.5 Å². The van der Waals surface area contributed by atoms with Crippen LogP contribution in [0.4, 0.5) is 5.95 Å². The Hall–Kier alpha value is -3.71. The number of carbonyl (C=O) groups is 1. The van der Waals surface area contributed by atoms with Gasteiger partial charge in [0.25, 0.3) is 5.91 Å². The Labute approximate surface area is 203 Å². The third-order valence-corrected chi connectivity index (χ3v) is 6.15. The molecule has 4 aromatic rings. The van der Waals surface area contributed by atoms with Crippen molar-refractivity contribution in [2.24, 2.45) is 0 Å². The van der Waals surface area contributed by atoms with Gasteiger partial charge in [-0.05, 0) is 36.6 Å². The number of nitrogens with zero attached hydrogens (tertiary/aromatic N) is 5. The van der Waals surface area contributed by atoms with Gasteiger partial charge in [-0.1, -0.05) is 54.1 Å². The number of piperidine rings is 1. The van der Waals surface area contributed by atoms with E-state index in [-0.39, 0.29) is 11.9 Å². The predicted molar refractivity (Wildman–Crippen MR) is 133 cm³/mol. The van der Waals surface area contributed by atoms with Crippen LogP contribution in [-0.2, 0) is 6.54 Å². The third-order valence-electron chi connectivity index (χ3n) is 5.90. The zero-order chi connectivity index (χ0) is 23.3. The summed E-state index contributed by atoms with van der Waals surface area (Å²) in [6.45, 7) is 2.13. The predicted octanol–water partition coefficient (Wildman–Crippen LogP) is 4.44. The molecule has 1 unspecified atom stereocenters. The van der Waals surface area contributed by atoms with Gasteiger partial charge in [-0.25, -0.2) is 9.97 Å². The van der Waals surface area contributed by atoms with E-state index in [0.717, 1.165) is 30.5 Å². The largest absolute Gasteiger partial charge is 0.347 e. The van der Waals surface area contributed by atoms with Crippen molar-refractivity contribution in [2.45, 2.75) is 25.4 Å². The van der Waals surface area contributed by atoms with Crippen molar-refractivity contribution in [3.05, 3.63) is 95.4 Å². The minimum absolute atomic E-state index is 0.000553. The van der Waals surface area contributed by atoms with Crippen LogP contribution >= 0.6 is 11.6 Å². The van der Waals surface area contributed by atoms with Crippen LogP contribution in [0.25, 0.3) is 11.3 Å². The zero-order valence-corrected chi connectivity index (χ0v) is 19.4. The first-order chi connectivity index (χ1) is 16.7. The van der Waals surface area contributed by atoms with Gasteiger partial charge in [-0.2, -0.15) is 5.10 Å². The van der Waals surface area contributed by atoms with E-state index < -0.39 is 0 Å². The Morgan fingerprint density at radius 2 is 1.79 bits per heavy atom. The van der Waals surface area contributed by atoms with Gasteiger partial charge in [0.2, 0.25) is 5.95 Å². The number of amides is 1. The third kappa shape index (κ3) is 5.10. The van der Waals surface area contributed by atoms with E-state index >= 15 is 0 Å². The fourth-order valence-corrected chi connectivity index (χ4v) is 4.38. The minimum atomic E-state index is -0.134. The molecule has 1 aliphatic rings. The molecule has 0 radical (unpaired) electrons. The number of anilines is 1. The second-order valence-corrected chi connectivity index (χ2v) is 8.83. The minimum Gasteiger partial charge on any atom is -0.347 e. The van der Waals surface area contributed by atoms with Crippen LogP contribution in [0.1, 0.15) is 28.8 Å². The molecule has 7 nitrogen and oxygen atoms in total. The smallest absolute Gasteiger partial charge is 0.255 e. The summed E-state index contributed by atoms with van der Waals surface area (Å²) in [6, 6.07) is 19.3. The first kappa shape index (κ1) is 22.1. The van der Waals surface area contributed by atoms with Crippen molar-refractivity contribution in [2.75, 3.05) is 18.0 Å². The van der Waals surface area contributed by atoms with E-state index in [0.29, 0.717) is 35.3 Å². The topological polar surface area (TPSA) is 75.9 Å². The molecule has 1 fully saturated rings. The van der Waals surface area contributed by atoms with Gasteiger partial charge in [-0.3, -0.25) is 9.48 Å². The molecule has 0 bridgehead atoms. The highest BCUT2D eigenvalue weighted by atomic mass is 35.5. The molecule has 5 rings (SSSR count). The second kappa shape index (κ2) is 10.1. The maximum atomic E-state index is 13.4. The van der Waals surface area contributed by atoms with Crippen molar-refractivity contribution in [3.63, 3.8) is 0 Å². The Kier molecular flexibility index (Phi) is 6.53. The Balaban J connectivity index is 1.38. The highest BCUT2D eigenvalue weighted by Crippen LogP contribution is 2.25. The standard InChI is InChI=1S/C26H25ClN6O/c27-21-11-9-20(10-12-21)24-23(18-33(31-24)16-19-6-2-1-3-7-19)25(34)30-22-8-4-15-32(17-22)26-28-13-5-14-29-26/h1-3,5-7,9-14,18,22H,4,8,15-17H2,(H,30,34). The lowest BCUT2D eigenvalue weighted by atomic mass is 10.0. The van der Waals surface area contributed by atoms with Gasteiger partial charge in [0.15, 0.2) is 0 Å². The van der Waals surface area contributed by atoms with E-state index in [2.05, 4.69) is 20.2 Å². The molecule has 1 saturated heterocycles. The van der Waals surface area contributed by atoms with Gasteiger partial charge in [-0.15, -0.1) is 0 Å². The Morgan fingerprint density at radius 1 is 1.03 bits per heavy atom. The summed E-state index contributed by atoms with van der Waals surface area (Å²) in [5, 5.41) is 8.63. The molecule has 2 aromatic carbocycles. The molecule has 34 heavy (non-hydrogen) atoms. The molecule has 8 heteroatoms. The number of benzene rings is 2. The first-order valence-corrected chi connectivity index (χ1v) is 11.7. The molecule has 3 heterocycles. The molecular weight excluding hydrogens is 448 g/mol. The van der Waals surface area contributed by atoms with Gasteiger partial charge in [0.05, 0.1) is 12.1 Å². The fourth-order valence-electron chi connectivity index (χ4n) is 4.25. The number of halogens is 1. The van der Waals surface area contributed by atoms with Crippen LogP contribution in [0.15, 0.2) is 79.3 Å². The van der Waals surface area contributed by atoms with E-state index in [9.17, 15) is 4.79 Å². The Morgan fingerprint density at radius 3 is 2.56 bits per heavy atom. The maximum absolute atomic E-state index is 13.4. The van der Waals surface area contributed by atoms with Gasteiger partial charge >= 0.3 is 0 Å². The molecule has 2 aromatic heterocycles. The molecule has 0 spiro atoms. The van der Waals surface area contributed by atoms with Crippen LogP contribution < -0.4 is 10.2 Å². The van der Waals surface area contributed by atoms with Crippen LogP contribution in [0.2, 0.25) is 5.02 Å². The highest BCUT2D eigenvalue weighted by molar-refractivity contribution is 6.30. The monoisotopic (exact) mass is 472 g/mol. The number of aromatic nitrogens is 4. The average molecular weight is 473 g/mol. The lowest BCUT2D eigenvalue weighted by molar-refractivity contribution is 0.0933. The van der Waals surface area contributed by atoms with Crippen molar-refractivity contribution >= 4 is 23.5 Å². The number of nitrogens with one attached hydrogen (secondary N) is 1. The molecular formula is C26H25ClN6O. The van der Waals surface area contributed by atoms with E-state index in [4.69, 9.17) is 16.7 Å². The normalized spacial score (nSPS) is 15.8. The maximum Gasteiger partial charge on any atom is 0.255 e. The van der Waals surface area contributed by atoms with Crippen molar-refractivity contribution in [3.8, 4) is 11.3 Å². The van der Waals surface area contributed by atoms with Crippen LogP contribution in [0.3, 0.4) is 0 Å². The number of carbonyl (C=O) groups excluding carboxylic acids is 1. The summed E-state index contributed by atoms with van der Waals surface area (Å²) in [7, 11) is 0. The SMILES string of the molecule is O=C(NC1CCCN(c2ncccn2)C1)c1cn(Cc2ccccc2)nc1-c1ccc(Cl)cc1. The second-order valence-electron chi connectivity index (χ2n) is 8.39. The molecule has 1 atom stereocenters. The van der Waals surface area contributed by atoms with Crippen molar-refractivity contribution in [1.29, 1.82) is 0 Å². The molecule has 0 saturated carbocycles. The van der Waals surface area contributed by atoms with Crippen LogP contribution in [0.5, 0.6) is 0 Å². The number of rotatable bonds is 6. The summed E-state index contributed by atoms with van der Waals surface area (Å²) in [4.78, 5) is 24.3. The lowest BCUT2D eigenvalue weighted by Gasteiger charge is -2.33. The van der Waals surface area contributed by atoms with Crippen LogP contribution in [0, 0.1) is 0 Å². The zero-order valence-electron chi connectivity index (χ0n) is 18.6. The summed E-state index contributed by atoms with van der Waals surface area (Å²) < 4.78 is 1.82. The van der Waals surface area contributed by atoms with E-state index in [1.165, 1.54) is 0 Å². The van der Waals surface area contributed by atoms with Crippen LogP contribution in [-0.4, -0.2) is 44.8 Å². The number of hydrogen-bond acceptors (Lipinski definition) is 5. The summed E-state index contributed by atoms with van der Waals surface area (Å²) in [5.41, 5.74) is 3.16. The quantitative estimate of drug-likeness (QED) is 0.449. The van der Waals surface area contributed by atoms with Crippen molar-refractivity contribution in [1.82, 2.24) is 25.1 Å². The summed E-state index contributed by atoms with van der Waals surface area (Å²) in [5.74, 6) is 0.559.